The van der Waals surface area contributed by atoms with Crippen LogP contribution in [0.4, 0.5) is 10.7 Å². The minimum Gasteiger partial charge on any atom is -0.497 e. The molecule has 9 nitrogen and oxygen atoms in total. The molecule has 22 heavy (non-hydrogen) atoms. The molecule has 0 saturated heterocycles. The van der Waals surface area contributed by atoms with Gasteiger partial charge >= 0.3 is 6.03 Å². The van der Waals surface area contributed by atoms with Gasteiger partial charge in [0.25, 0.3) is 5.95 Å². The number of amides is 2. The molecule has 0 spiro atoms. The smallest absolute Gasteiger partial charge is 0.324 e. The summed E-state index contributed by atoms with van der Waals surface area (Å²) in [7, 11) is 3.23. The van der Waals surface area contributed by atoms with Crippen LogP contribution in [0.1, 0.15) is 5.56 Å². The maximum atomic E-state index is 12.3. The predicted octanol–water partition coefficient (Wildman–Crippen LogP) is 0.645. The van der Waals surface area contributed by atoms with Crippen molar-refractivity contribution in [3.63, 3.8) is 0 Å². The average molecular weight is 304 g/mol. The summed E-state index contributed by atoms with van der Waals surface area (Å²) in [5, 5.41) is 13.9. The summed E-state index contributed by atoms with van der Waals surface area (Å²) >= 11 is 0. The lowest BCUT2D eigenvalue weighted by atomic mass is 10.2. The van der Waals surface area contributed by atoms with Gasteiger partial charge in [0.15, 0.2) is 0 Å². The quantitative estimate of drug-likeness (QED) is 0.875. The second-order valence-corrected chi connectivity index (χ2v) is 4.78. The number of hydrogen-bond donors (Lipinski definition) is 1. The SMILES string of the molecule is COc1ccc2c(c1)OCCN(C(=O)Nc1nnn(C)n1)C2. The van der Waals surface area contributed by atoms with Crippen LogP contribution in [-0.2, 0) is 13.6 Å². The number of hydrogen-bond acceptors (Lipinski definition) is 6. The van der Waals surface area contributed by atoms with E-state index >= 15 is 0 Å². The van der Waals surface area contributed by atoms with Crippen molar-refractivity contribution in [1.29, 1.82) is 0 Å². The van der Waals surface area contributed by atoms with E-state index in [1.54, 1.807) is 19.1 Å². The first-order valence-electron chi connectivity index (χ1n) is 6.75. The first kappa shape index (κ1) is 14.1. The van der Waals surface area contributed by atoms with Crippen LogP contribution in [0.5, 0.6) is 11.5 Å². The molecular formula is C13H16N6O3. The Balaban J connectivity index is 1.73. The molecular weight excluding hydrogens is 288 g/mol. The van der Waals surface area contributed by atoms with Crippen LogP contribution >= 0.6 is 0 Å². The molecule has 2 amide bonds. The number of methoxy groups -OCH3 is 1. The molecule has 1 aromatic carbocycles. The summed E-state index contributed by atoms with van der Waals surface area (Å²) in [4.78, 5) is 15.2. The van der Waals surface area contributed by atoms with Crippen molar-refractivity contribution >= 4 is 12.0 Å². The number of aryl methyl sites for hydroxylation is 1. The highest BCUT2D eigenvalue weighted by Gasteiger charge is 2.21. The van der Waals surface area contributed by atoms with Gasteiger partial charge in [0.1, 0.15) is 18.1 Å². The van der Waals surface area contributed by atoms with Crippen LogP contribution in [-0.4, -0.2) is 51.4 Å². The van der Waals surface area contributed by atoms with Crippen molar-refractivity contribution < 1.29 is 14.3 Å². The lowest BCUT2D eigenvalue weighted by molar-refractivity contribution is 0.200. The molecule has 116 valence electrons. The van der Waals surface area contributed by atoms with Crippen molar-refractivity contribution in [3.8, 4) is 11.5 Å². The zero-order valence-corrected chi connectivity index (χ0v) is 12.3. The zero-order valence-electron chi connectivity index (χ0n) is 12.3. The normalized spacial score (nSPS) is 13.8. The lowest BCUT2D eigenvalue weighted by Crippen LogP contribution is -2.36. The van der Waals surface area contributed by atoms with Gasteiger partial charge in [-0.2, -0.15) is 4.80 Å². The number of carbonyl (C=O) groups excluding carboxylic acids is 1. The molecule has 1 aromatic heterocycles. The summed E-state index contributed by atoms with van der Waals surface area (Å²) in [6.45, 7) is 1.30. The summed E-state index contributed by atoms with van der Waals surface area (Å²) in [6.07, 6.45) is 0. The van der Waals surface area contributed by atoms with Crippen molar-refractivity contribution in [2.45, 2.75) is 6.54 Å². The molecule has 1 aliphatic heterocycles. The van der Waals surface area contributed by atoms with Gasteiger partial charge in [0.05, 0.1) is 27.2 Å². The topological polar surface area (TPSA) is 94.4 Å². The van der Waals surface area contributed by atoms with E-state index < -0.39 is 0 Å². The molecule has 1 aliphatic rings. The number of carbonyl (C=O) groups is 1. The third-order valence-electron chi connectivity index (χ3n) is 3.27. The number of rotatable bonds is 2. The number of fused-ring (bicyclic) bond motifs is 1. The van der Waals surface area contributed by atoms with E-state index in [2.05, 4.69) is 20.7 Å². The van der Waals surface area contributed by atoms with Gasteiger partial charge in [-0.1, -0.05) is 5.10 Å². The Morgan fingerprint density at radius 1 is 1.45 bits per heavy atom. The first-order valence-corrected chi connectivity index (χ1v) is 6.75. The Hall–Kier alpha value is -2.84. The predicted molar refractivity (Wildman–Crippen MR) is 76.7 cm³/mol. The highest BCUT2D eigenvalue weighted by molar-refractivity contribution is 5.87. The number of anilines is 1. The van der Waals surface area contributed by atoms with Crippen LogP contribution in [0.3, 0.4) is 0 Å². The molecule has 0 radical (unpaired) electrons. The summed E-state index contributed by atoms with van der Waals surface area (Å²) in [6, 6.07) is 5.26. The molecule has 0 aliphatic carbocycles. The highest BCUT2D eigenvalue weighted by atomic mass is 16.5. The zero-order chi connectivity index (χ0) is 15.5. The van der Waals surface area contributed by atoms with Crippen molar-refractivity contribution in [2.24, 2.45) is 7.05 Å². The van der Waals surface area contributed by atoms with Crippen molar-refractivity contribution in [3.05, 3.63) is 23.8 Å². The largest absolute Gasteiger partial charge is 0.497 e. The number of nitrogens with one attached hydrogen (secondary N) is 1. The van der Waals surface area contributed by atoms with Crippen molar-refractivity contribution in [1.82, 2.24) is 25.1 Å². The molecule has 1 N–H and O–H groups in total. The van der Waals surface area contributed by atoms with E-state index in [4.69, 9.17) is 9.47 Å². The fourth-order valence-corrected chi connectivity index (χ4v) is 2.16. The van der Waals surface area contributed by atoms with E-state index in [1.165, 1.54) is 4.80 Å². The molecule has 0 bridgehead atoms. The molecule has 0 atom stereocenters. The molecule has 0 fully saturated rings. The van der Waals surface area contributed by atoms with Gasteiger partial charge in [-0.3, -0.25) is 5.32 Å². The number of urea groups is 1. The van der Waals surface area contributed by atoms with E-state index in [9.17, 15) is 4.79 Å². The van der Waals surface area contributed by atoms with Gasteiger partial charge < -0.3 is 14.4 Å². The summed E-state index contributed by atoms with van der Waals surface area (Å²) in [5.41, 5.74) is 0.917. The highest BCUT2D eigenvalue weighted by Crippen LogP contribution is 2.27. The van der Waals surface area contributed by atoms with Crippen LogP contribution < -0.4 is 14.8 Å². The molecule has 3 rings (SSSR count). The minimum absolute atomic E-state index is 0.174. The number of tetrazole rings is 1. The Bertz CT molecular complexity index is 686. The maximum absolute atomic E-state index is 12.3. The second-order valence-electron chi connectivity index (χ2n) is 4.78. The Kier molecular flexibility index (Phi) is 3.77. The van der Waals surface area contributed by atoms with E-state index in [0.717, 1.165) is 17.1 Å². The molecule has 2 aromatic rings. The van der Waals surface area contributed by atoms with E-state index in [1.807, 2.05) is 18.2 Å². The average Bonchev–Trinajstić information content (AvgIpc) is 2.81. The molecule has 0 saturated carbocycles. The molecule has 9 heteroatoms. The number of nitrogens with zero attached hydrogens (tertiary/aromatic N) is 5. The Labute approximate surface area is 126 Å². The van der Waals surface area contributed by atoms with Crippen LogP contribution in [0.15, 0.2) is 18.2 Å². The molecule has 0 unspecified atom stereocenters. The first-order chi connectivity index (χ1) is 10.7. The van der Waals surface area contributed by atoms with Gasteiger partial charge in [-0.25, -0.2) is 4.79 Å². The van der Waals surface area contributed by atoms with Crippen LogP contribution in [0.2, 0.25) is 0 Å². The van der Waals surface area contributed by atoms with Gasteiger partial charge in [0.2, 0.25) is 0 Å². The standard InChI is InChI=1S/C13H16N6O3/c1-18-16-12(15-17-18)14-13(20)19-5-6-22-11-7-10(21-2)4-3-9(11)8-19/h3-4,7H,5-6,8H2,1-2H3,(H,14,16,20). The maximum Gasteiger partial charge on any atom is 0.324 e. The minimum atomic E-state index is -0.291. The Morgan fingerprint density at radius 3 is 3.05 bits per heavy atom. The van der Waals surface area contributed by atoms with Crippen molar-refractivity contribution in [2.75, 3.05) is 25.6 Å². The Morgan fingerprint density at radius 2 is 2.32 bits per heavy atom. The van der Waals surface area contributed by atoms with Gasteiger partial charge in [-0.05, 0) is 17.3 Å². The number of ether oxygens (including phenoxy) is 2. The number of aromatic nitrogens is 4. The fraction of sp³-hybridized carbons (Fsp3) is 0.385. The third-order valence-corrected chi connectivity index (χ3v) is 3.27. The fourth-order valence-electron chi connectivity index (χ4n) is 2.16. The number of benzene rings is 1. The van der Waals surface area contributed by atoms with E-state index in [-0.39, 0.29) is 12.0 Å². The van der Waals surface area contributed by atoms with Gasteiger partial charge in [0, 0.05) is 11.6 Å². The van der Waals surface area contributed by atoms with Crippen LogP contribution in [0, 0.1) is 0 Å². The monoisotopic (exact) mass is 304 g/mol. The lowest BCUT2D eigenvalue weighted by Gasteiger charge is -2.19. The molecule has 2 heterocycles. The summed E-state index contributed by atoms with van der Waals surface area (Å²) in [5.74, 6) is 1.63. The van der Waals surface area contributed by atoms with Crippen LogP contribution in [0.25, 0.3) is 0 Å². The second kappa shape index (κ2) is 5.88. The summed E-state index contributed by atoms with van der Waals surface area (Å²) < 4.78 is 10.9. The van der Waals surface area contributed by atoms with Gasteiger partial charge in [-0.15, -0.1) is 5.10 Å². The third kappa shape index (κ3) is 2.92. The van der Waals surface area contributed by atoms with E-state index in [0.29, 0.717) is 19.7 Å².